The highest BCUT2D eigenvalue weighted by molar-refractivity contribution is 9.10. The van der Waals surface area contributed by atoms with Crippen LogP contribution in [0.1, 0.15) is 29.5 Å². The average molecular weight is 343 g/mol. The summed E-state index contributed by atoms with van der Waals surface area (Å²) in [6.07, 6.45) is 1.73. The Balaban J connectivity index is 2.26. The largest absolute Gasteiger partial charge is 0.478 e. The van der Waals surface area contributed by atoms with Gasteiger partial charge in [0.25, 0.3) is 5.19 Å². The first kappa shape index (κ1) is 14.0. The van der Waals surface area contributed by atoms with Gasteiger partial charge in [-0.2, -0.15) is 9.36 Å². The van der Waals surface area contributed by atoms with Crippen LogP contribution in [0, 0.1) is 0 Å². The van der Waals surface area contributed by atoms with Crippen molar-refractivity contribution >= 4 is 33.4 Å². The minimum Gasteiger partial charge on any atom is -0.478 e. The molecule has 0 saturated heterocycles. The van der Waals surface area contributed by atoms with Crippen LogP contribution < -0.4 is 4.74 Å². The topological polar surface area (TPSA) is 72.3 Å². The Hall–Kier alpha value is -1.47. The number of halogens is 1. The Labute approximate surface area is 122 Å². The average Bonchev–Trinajstić information content (AvgIpc) is 2.77. The van der Waals surface area contributed by atoms with E-state index in [0.717, 1.165) is 34.7 Å². The zero-order valence-corrected chi connectivity index (χ0v) is 12.5. The van der Waals surface area contributed by atoms with Gasteiger partial charge in [0.1, 0.15) is 17.1 Å². The number of rotatable bonds is 5. The van der Waals surface area contributed by atoms with E-state index in [2.05, 4.69) is 25.3 Å². The number of aryl methyl sites for hydroxylation is 1. The lowest BCUT2D eigenvalue weighted by Crippen LogP contribution is -1.99. The molecule has 0 spiro atoms. The minimum absolute atomic E-state index is 0.0930. The van der Waals surface area contributed by atoms with Crippen LogP contribution in [0.2, 0.25) is 0 Å². The Morgan fingerprint density at radius 1 is 1.53 bits per heavy atom. The van der Waals surface area contributed by atoms with Gasteiger partial charge in [0.2, 0.25) is 0 Å². The second kappa shape index (κ2) is 6.12. The van der Waals surface area contributed by atoms with Crippen LogP contribution in [0.15, 0.2) is 22.7 Å². The zero-order valence-electron chi connectivity index (χ0n) is 10.1. The molecule has 2 aromatic rings. The fourth-order valence-electron chi connectivity index (χ4n) is 1.46. The molecule has 1 N–H and O–H groups in total. The number of carboxylic acid groups (broad SMARTS) is 1. The Kier molecular flexibility index (Phi) is 4.49. The maximum atomic E-state index is 11.1. The molecule has 0 aliphatic carbocycles. The van der Waals surface area contributed by atoms with Crippen LogP contribution >= 0.6 is 27.5 Å². The monoisotopic (exact) mass is 342 g/mol. The number of ether oxygens (including phenoxy) is 1. The lowest BCUT2D eigenvalue weighted by molar-refractivity contribution is 0.0694. The van der Waals surface area contributed by atoms with Crippen molar-refractivity contribution in [2.45, 2.75) is 19.8 Å². The van der Waals surface area contributed by atoms with Crippen molar-refractivity contribution in [1.29, 1.82) is 0 Å². The summed E-state index contributed by atoms with van der Waals surface area (Å²) >= 11 is 4.40. The van der Waals surface area contributed by atoms with E-state index in [1.807, 2.05) is 6.92 Å². The van der Waals surface area contributed by atoms with Crippen molar-refractivity contribution < 1.29 is 14.6 Å². The van der Waals surface area contributed by atoms with Gasteiger partial charge in [-0.15, -0.1) is 0 Å². The number of hydrogen-bond donors (Lipinski definition) is 1. The van der Waals surface area contributed by atoms with Crippen molar-refractivity contribution in [1.82, 2.24) is 9.36 Å². The van der Waals surface area contributed by atoms with Gasteiger partial charge in [0, 0.05) is 22.4 Å². The number of carboxylic acids is 1. The normalized spacial score (nSPS) is 10.4. The number of carbonyl (C=O) groups is 1. The molecule has 0 amide bonds. The molecule has 2 rings (SSSR count). The first-order valence-corrected chi connectivity index (χ1v) is 7.20. The SMILES string of the molecule is CCCc1nsc(Oc2cc(Br)ccc2C(=O)O)n1. The molecule has 7 heteroatoms. The number of nitrogens with zero attached hydrogens (tertiary/aromatic N) is 2. The molecule has 0 fully saturated rings. The number of benzene rings is 1. The molecule has 0 atom stereocenters. The second-order valence-electron chi connectivity index (χ2n) is 3.77. The third-order valence-electron chi connectivity index (χ3n) is 2.29. The van der Waals surface area contributed by atoms with Crippen molar-refractivity contribution in [2.24, 2.45) is 0 Å². The summed E-state index contributed by atoms with van der Waals surface area (Å²) < 4.78 is 10.4. The van der Waals surface area contributed by atoms with Gasteiger partial charge in [-0.05, 0) is 24.6 Å². The van der Waals surface area contributed by atoms with Crippen molar-refractivity contribution in [3.8, 4) is 10.9 Å². The smallest absolute Gasteiger partial charge is 0.339 e. The van der Waals surface area contributed by atoms with Gasteiger partial charge in [-0.3, -0.25) is 0 Å². The molecule has 0 saturated carbocycles. The molecule has 5 nitrogen and oxygen atoms in total. The Morgan fingerprint density at radius 2 is 2.32 bits per heavy atom. The number of aromatic nitrogens is 2. The van der Waals surface area contributed by atoms with Crippen LogP contribution in [0.5, 0.6) is 10.9 Å². The highest BCUT2D eigenvalue weighted by Crippen LogP contribution is 2.29. The van der Waals surface area contributed by atoms with E-state index in [4.69, 9.17) is 9.84 Å². The summed E-state index contributed by atoms with van der Waals surface area (Å²) in [6.45, 7) is 2.04. The fraction of sp³-hybridized carbons (Fsp3) is 0.250. The Bertz CT molecular complexity index is 600. The lowest BCUT2D eigenvalue weighted by Gasteiger charge is -2.05. The first-order chi connectivity index (χ1) is 9.10. The molecule has 1 aromatic heterocycles. The second-order valence-corrected chi connectivity index (χ2v) is 5.40. The van der Waals surface area contributed by atoms with Crippen LogP contribution in [-0.4, -0.2) is 20.4 Å². The molecule has 0 aliphatic heterocycles. The molecule has 0 bridgehead atoms. The fourth-order valence-corrected chi connectivity index (χ4v) is 2.38. The van der Waals surface area contributed by atoms with Crippen LogP contribution in [0.4, 0.5) is 0 Å². The van der Waals surface area contributed by atoms with E-state index in [9.17, 15) is 4.79 Å². The Morgan fingerprint density at radius 3 is 3.00 bits per heavy atom. The summed E-state index contributed by atoms with van der Waals surface area (Å²) in [5.41, 5.74) is 0.0930. The van der Waals surface area contributed by atoms with E-state index in [1.165, 1.54) is 6.07 Å². The van der Waals surface area contributed by atoms with Gasteiger partial charge >= 0.3 is 5.97 Å². The molecular formula is C12H11BrN2O3S. The number of hydrogen-bond acceptors (Lipinski definition) is 5. The molecule has 19 heavy (non-hydrogen) atoms. The summed E-state index contributed by atoms with van der Waals surface area (Å²) in [5, 5.41) is 9.45. The van der Waals surface area contributed by atoms with Crippen molar-refractivity contribution in [3.05, 3.63) is 34.1 Å². The maximum Gasteiger partial charge on any atom is 0.339 e. The molecule has 0 aliphatic rings. The van der Waals surface area contributed by atoms with Crippen LogP contribution in [-0.2, 0) is 6.42 Å². The third-order valence-corrected chi connectivity index (χ3v) is 3.42. The van der Waals surface area contributed by atoms with Gasteiger partial charge < -0.3 is 9.84 Å². The third kappa shape index (κ3) is 3.51. The first-order valence-electron chi connectivity index (χ1n) is 5.63. The highest BCUT2D eigenvalue weighted by atomic mass is 79.9. The van der Waals surface area contributed by atoms with E-state index >= 15 is 0 Å². The quantitative estimate of drug-likeness (QED) is 0.895. The lowest BCUT2D eigenvalue weighted by atomic mass is 10.2. The predicted molar refractivity (Wildman–Crippen MR) is 75.1 cm³/mol. The molecule has 1 heterocycles. The maximum absolute atomic E-state index is 11.1. The zero-order chi connectivity index (χ0) is 13.8. The summed E-state index contributed by atoms with van der Waals surface area (Å²) in [6, 6.07) is 4.74. The minimum atomic E-state index is -1.04. The van der Waals surface area contributed by atoms with E-state index in [1.54, 1.807) is 12.1 Å². The van der Waals surface area contributed by atoms with Crippen molar-refractivity contribution in [3.63, 3.8) is 0 Å². The van der Waals surface area contributed by atoms with Gasteiger partial charge in [-0.25, -0.2) is 4.79 Å². The predicted octanol–water partition coefficient (Wildman–Crippen LogP) is 3.74. The van der Waals surface area contributed by atoms with Gasteiger partial charge in [0.05, 0.1) is 0 Å². The van der Waals surface area contributed by atoms with E-state index in [0.29, 0.717) is 5.19 Å². The van der Waals surface area contributed by atoms with Crippen molar-refractivity contribution in [2.75, 3.05) is 0 Å². The van der Waals surface area contributed by atoms with E-state index in [-0.39, 0.29) is 11.3 Å². The highest BCUT2D eigenvalue weighted by Gasteiger charge is 2.14. The summed E-state index contributed by atoms with van der Waals surface area (Å²) in [7, 11) is 0. The molecule has 100 valence electrons. The van der Waals surface area contributed by atoms with Gasteiger partial charge in [0.15, 0.2) is 0 Å². The molecule has 1 aromatic carbocycles. The molecule has 0 unspecified atom stereocenters. The molecule has 0 radical (unpaired) electrons. The van der Waals surface area contributed by atoms with Crippen LogP contribution in [0.3, 0.4) is 0 Å². The van der Waals surface area contributed by atoms with E-state index < -0.39 is 5.97 Å². The summed E-state index contributed by atoms with van der Waals surface area (Å²) in [4.78, 5) is 15.3. The molecular weight excluding hydrogens is 332 g/mol. The number of aromatic carboxylic acids is 1. The van der Waals surface area contributed by atoms with Crippen LogP contribution in [0.25, 0.3) is 0 Å². The standard InChI is InChI=1S/C12H11BrN2O3S/c1-2-3-10-14-12(19-15-10)18-9-6-7(13)4-5-8(9)11(16)17/h4-6H,2-3H2,1H3,(H,16,17). The summed E-state index contributed by atoms with van der Waals surface area (Å²) in [5.74, 6) is -0.0729. The van der Waals surface area contributed by atoms with Gasteiger partial charge in [-0.1, -0.05) is 22.9 Å².